The molecule has 2 fully saturated rings. The largest absolute Gasteiger partial charge is 0.378 e. The number of ketones is 1. The number of morpholine rings is 1. The Balaban J connectivity index is 1.35. The molecule has 5 rings (SSSR count). The van der Waals surface area contributed by atoms with Gasteiger partial charge in [-0.05, 0) is 51.0 Å². The number of thioether (sulfide) groups is 1. The van der Waals surface area contributed by atoms with Gasteiger partial charge in [0.2, 0.25) is 5.95 Å². The third kappa shape index (κ3) is 5.14. The first-order valence-corrected chi connectivity index (χ1v) is 13.0. The highest BCUT2D eigenvalue weighted by Gasteiger charge is 2.26. The predicted molar refractivity (Wildman–Crippen MR) is 132 cm³/mol. The summed E-state index contributed by atoms with van der Waals surface area (Å²) in [4.78, 5) is 15.4. The van der Waals surface area contributed by atoms with Crippen molar-refractivity contribution >= 4 is 23.5 Å². The number of nitrogens with zero attached hydrogens (tertiary/aromatic N) is 5. The molecule has 2 aliphatic rings. The third-order valence-corrected chi connectivity index (χ3v) is 7.50. The maximum absolute atomic E-state index is 13.8. The van der Waals surface area contributed by atoms with E-state index in [4.69, 9.17) is 9.47 Å². The molecule has 3 aromatic rings. The van der Waals surface area contributed by atoms with Crippen molar-refractivity contribution in [1.29, 1.82) is 0 Å². The van der Waals surface area contributed by atoms with E-state index in [-0.39, 0.29) is 23.5 Å². The van der Waals surface area contributed by atoms with E-state index in [2.05, 4.69) is 19.7 Å². The molecule has 0 radical (unpaired) electrons. The minimum atomic E-state index is -0.305. The van der Waals surface area contributed by atoms with E-state index < -0.39 is 0 Å². The highest BCUT2D eigenvalue weighted by atomic mass is 32.2. The third-order valence-electron chi connectivity index (χ3n) is 6.53. The van der Waals surface area contributed by atoms with Crippen LogP contribution in [0.4, 0.5) is 10.3 Å². The number of benzene rings is 1. The number of hydrogen-bond donors (Lipinski definition) is 0. The average Bonchev–Trinajstić information content (AvgIpc) is 3.58. The molecule has 8 nitrogen and oxygen atoms in total. The van der Waals surface area contributed by atoms with E-state index in [1.807, 2.05) is 30.5 Å². The molecule has 2 aliphatic heterocycles. The van der Waals surface area contributed by atoms with Crippen LogP contribution in [0.3, 0.4) is 0 Å². The van der Waals surface area contributed by atoms with E-state index in [0.717, 1.165) is 49.9 Å². The number of carbonyl (C=O) groups is 1. The fraction of sp³-hybridized carbons (Fsp3) is 0.480. The van der Waals surface area contributed by atoms with Gasteiger partial charge in [0.15, 0.2) is 10.9 Å². The van der Waals surface area contributed by atoms with Crippen LogP contribution in [0.5, 0.6) is 0 Å². The van der Waals surface area contributed by atoms with Gasteiger partial charge in [-0.25, -0.2) is 4.39 Å². The topological polar surface area (TPSA) is 74.4 Å². The molecular weight excluding hydrogens is 469 g/mol. The Kier molecular flexibility index (Phi) is 7.22. The molecule has 0 aliphatic carbocycles. The minimum absolute atomic E-state index is 0.00495. The van der Waals surface area contributed by atoms with Gasteiger partial charge in [0, 0.05) is 42.3 Å². The molecule has 0 spiro atoms. The van der Waals surface area contributed by atoms with Crippen LogP contribution >= 0.6 is 11.8 Å². The summed E-state index contributed by atoms with van der Waals surface area (Å²) in [5.74, 6) is 0.744. The molecule has 0 N–H and O–H groups in total. The van der Waals surface area contributed by atoms with Gasteiger partial charge in [0.25, 0.3) is 0 Å². The van der Waals surface area contributed by atoms with Crippen molar-refractivity contribution in [2.24, 2.45) is 0 Å². The quantitative estimate of drug-likeness (QED) is 0.345. The lowest BCUT2D eigenvalue weighted by atomic mass is 10.2. The molecule has 0 amide bonds. The lowest BCUT2D eigenvalue weighted by molar-refractivity contribution is 0.0942. The Hall–Kier alpha value is -2.69. The molecule has 2 saturated heterocycles. The molecule has 10 heteroatoms. The number of anilines is 1. The summed E-state index contributed by atoms with van der Waals surface area (Å²) in [5.41, 5.74) is 3.03. The molecule has 1 aromatic carbocycles. The summed E-state index contributed by atoms with van der Waals surface area (Å²) < 4.78 is 29.2. The molecule has 35 heavy (non-hydrogen) atoms. The summed E-state index contributed by atoms with van der Waals surface area (Å²) >= 11 is 1.40. The smallest absolute Gasteiger partial charge is 0.228 e. The van der Waals surface area contributed by atoms with Gasteiger partial charge in [-0.15, -0.1) is 10.2 Å². The van der Waals surface area contributed by atoms with Crippen LogP contribution in [0.2, 0.25) is 0 Å². The lowest BCUT2D eigenvalue weighted by Gasteiger charge is -2.28. The van der Waals surface area contributed by atoms with E-state index in [1.165, 1.54) is 23.9 Å². The van der Waals surface area contributed by atoms with Gasteiger partial charge in [-0.1, -0.05) is 17.8 Å². The summed E-state index contributed by atoms with van der Waals surface area (Å²) in [6.07, 6.45) is 2.20. The highest BCUT2D eigenvalue weighted by Crippen LogP contribution is 2.28. The first kappa shape index (κ1) is 24.0. The minimum Gasteiger partial charge on any atom is -0.378 e. The van der Waals surface area contributed by atoms with Crippen molar-refractivity contribution in [3.63, 3.8) is 0 Å². The average molecular weight is 500 g/mol. The van der Waals surface area contributed by atoms with E-state index in [0.29, 0.717) is 36.2 Å². The van der Waals surface area contributed by atoms with Crippen molar-refractivity contribution in [1.82, 2.24) is 19.3 Å². The Morgan fingerprint density at radius 2 is 2.00 bits per heavy atom. The second kappa shape index (κ2) is 10.5. The highest BCUT2D eigenvalue weighted by molar-refractivity contribution is 7.99. The molecule has 186 valence electrons. The zero-order chi connectivity index (χ0) is 24.4. The number of Topliss-reactive ketones (excluding diaryl/α,β-unsaturated/α-hetero) is 1. The summed E-state index contributed by atoms with van der Waals surface area (Å²) in [5, 5.41) is 9.63. The standard InChI is InChI=1S/C25H30FN5O3S/c1-17-13-22(18(2)31(17)20-6-3-5-19(26)14-20)23(32)16-35-25-28-27-24(29-8-11-33-12-9-29)30(25)15-21-7-4-10-34-21/h3,5-6,13-14,21H,4,7-12,15-16H2,1-2H3/t21-/m1/s1. The zero-order valence-corrected chi connectivity index (χ0v) is 20.9. The summed E-state index contributed by atoms with van der Waals surface area (Å²) in [6, 6.07) is 8.28. The van der Waals surface area contributed by atoms with Crippen LogP contribution in [0.1, 0.15) is 34.6 Å². The van der Waals surface area contributed by atoms with Crippen molar-refractivity contribution in [3.05, 3.63) is 53.1 Å². The maximum atomic E-state index is 13.8. The second-order valence-electron chi connectivity index (χ2n) is 8.94. The molecule has 0 saturated carbocycles. The molecule has 4 heterocycles. The summed E-state index contributed by atoms with van der Waals surface area (Å²) in [7, 11) is 0. The van der Waals surface area contributed by atoms with Gasteiger partial charge < -0.3 is 18.9 Å². The van der Waals surface area contributed by atoms with Gasteiger partial charge in [0.1, 0.15) is 5.82 Å². The van der Waals surface area contributed by atoms with Gasteiger partial charge in [-0.3, -0.25) is 9.36 Å². The van der Waals surface area contributed by atoms with Crippen molar-refractivity contribution < 1.29 is 18.7 Å². The number of rotatable bonds is 8. The van der Waals surface area contributed by atoms with Crippen LogP contribution in [0, 0.1) is 19.7 Å². The first-order valence-electron chi connectivity index (χ1n) is 12.0. The van der Waals surface area contributed by atoms with E-state index in [9.17, 15) is 9.18 Å². The number of aryl methyl sites for hydroxylation is 1. The SMILES string of the molecule is Cc1cc(C(=O)CSc2nnc(N3CCOCC3)n2C[C@H]2CCCO2)c(C)n1-c1cccc(F)c1. The van der Waals surface area contributed by atoms with Crippen LogP contribution in [0.15, 0.2) is 35.5 Å². The van der Waals surface area contributed by atoms with Gasteiger partial charge >= 0.3 is 0 Å². The molecule has 0 unspecified atom stereocenters. The van der Waals surface area contributed by atoms with Crippen LogP contribution in [0.25, 0.3) is 5.69 Å². The van der Waals surface area contributed by atoms with Gasteiger partial charge in [-0.2, -0.15) is 0 Å². The van der Waals surface area contributed by atoms with Crippen LogP contribution < -0.4 is 4.90 Å². The fourth-order valence-electron chi connectivity index (χ4n) is 4.80. The number of aromatic nitrogens is 4. The molecular formula is C25H30FN5O3S. The molecule has 0 bridgehead atoms. The molecule has 1 atom stereocenters. The Labute approximate surface area is 208 Å². The number of carbonyl (C=O) groups excluding carboxylic acids is 1. The first-order chi connectivity index (χ1) is 17.0. The number of halogens is 1. The van der Waals surface area contributed by atoms with E-state index in [1.54, 1.807) is 6.07 Å². The lowest BCUT2D eigenvalue weighted by Crippen LogP contribution is -2.38. The second-order valence-corrected chi connectivity index (χ2v) is 9.88. The Bertz CT molecular complexity index is 1200. The Morgan fingerprint density at radius 3 is 2.74 bits per heavy atom. The Morgan fingerprint density at radius 1 is 1.17 bits per heavy atom. The molecule has 2 aromatic heterocycles. The van der Waals surface area contributed by atoms with E-state index >= 15 is 0 Å². The number of hydrogen-bond acceptors (Lipinski definition) is 7. The van der Waals surface area contributed by atoms with Crippen molar-refractivity contribution in [2.45, 2.75) is 44.5 Å². The van der Waals surface area contributed by atoms with Gasteiger partial charge in [0.05, 0.1) is 31.6 Å². The maximum Gasteiger partial charge on any atom is 0.228 e. The van der Waals surface area contributed by atoms with Crippen LogP contribution in [-0.4, -0.2) is 69.9 Å². The zero-order valence-electron chi connectivity index (χ0n) is 20.1. The normalized spacial score (nSPS) is 18.4. The van der Waals surface area contributed by atoms with Crippen molar-refractivity contribution in [3.8, 4) is 5.69 Å². The predicted octanol–water partition coefficient (Wildman–Crippen LogP) is 3.82. The van der Waals surface area contributed by atoms with Crippen LogP contribution in [-0.2, 0) is 16.0 Å². The monoisotopic (exact) mass is 499 g/mol. The van der Waals surface area contributed by atoms with Crippen molar-refractivity contribution in [2.75, 3.05) is 43.6 Å². The summed E-state index contributed by atoms with van der Waals surface area (Å²) in [6.45, 7) is 8.12. The number of ether oxygens (including phenoxy) is 2. The fourth-order valence-corrected chi connectivity index (χ4v) is 5.63.